The molecule has 11 heavy (non-hydrogen) atoms. The summed E-state index contributed by atoms with van der Waals surface area (Å²) < 4.78 is 0. The van der Waals surface area contributed by atoms with E-state index >= 15 is 0 Å². The molecular formula is C8H16N2O. The second kappa shape index (κ2) is 3.60. The van der Waals surface area contributed by atoms with Crippen molar-refractivity contribution in [2.24, 2.45) is 0 Å². The SMILES string of the molecule is CCC(C)NC(=O)NC1CC1. The number of urea groups is 1. The van der Waals surface area contributed by atoms with Gasteiger partial charge in [0.05, 0.1) is 0 Å². The Morgan fingerprint density at radius 1 is 1.64 bits per heavy atom. The first kappa shape index (κ1) is 8.37. The van der Waals surface area contributed by atoms with Gasteiger partial charge in [0.2, 0.25) is 0 Å². The van der Waals surface area contributed by atoms with Crippen LogP contribution in [0.2, 0.25) is 0 Å². The van der Waals surface area contributed by atoms with Gasteiger partial charge in [-0.15, -0.1) is 0 Å². The molecule has 1 aliphatic rings. The second-order valence-electron chi connectivity index (χ2n) is 3.20. The largest absolute Gasteiger partial charge is 0.336 e. The quantitative estimate of drug-likeness (QED) is 0.634. The Labute approximate surface area is 67.5 Å². The molecule has 1 rings (SSSR count). The molecule has 0 bridgehead atoms. The van der Waals surface area contributed by atoms with Crippen molar-refractivity contribution in [2.75, 3.05) is 0 Å². The molecule has 1 aliphatic carbocycles. The summed E-state index contributed by atoms with van der Waals surface area (Å²) in [5.74, 6) is 0. The molecule has 2 amide bonds. The highest BCUT2D eigenvalue weighted by atomic mass is 16.2. The molecule has 3 heteroatoms. The summed E-state index contributed by atoms with van der Waals surface area (Å²) in [6.45, 7) is 4.06. The number of hydrogen-bond donors (Lipinski definition) is 2. The third-order valence-electron chi connectivity index (χ3n) is 1.90. The average molecular weight is 156 g/mol. The van der Waals surface area contributed by atoms with Crippen LogP contribution in [-0.4, -0.2) is 18.1 Å². The van der Waals surface area contributed by atoms with E-state index in [1.807, 2.05) is 6.92 Å². The lowest BCUT2D eigenvalue weighted by Crippen LogP contribution is -2.41. The van der Waals surface area contributed by atoms with Crippen LogP contribution in [0.5, 0.6) is 0 Å². The molecule has 64 valence electrons. The van der Waals surface area contributed by atoms with Crippen LogP contribution in [0.1, 0.15) is 33.1 Å². The maximum Gasteiger partial charge on any atom is 0.315 e. The number of rotatable bonds is 3. The van der Waals surface area contributed by atoms with Gasteiger partial charge in [-0.25, -0.2) is 4.79 Å². The van der Waals surface area contributed by atoms with E-state index in [2.05, 4.69) is 17.6 Å². The van der Waals surface area contributed by atoms with E-state index in [1.165, 1.54) is 0 Å². The first-order valence-electron chi connectivity index (χ1n) is 4.29. The number of carbonyl (C=O) groups is 1. The Kier molecular flexibility index (Phi) is 2.74. The van der Waals surface area contributed by atoms with Crippen molar-refractivity contribution in [3.05, 3.63) is 0 Å². The third kappa shape index (κ3) is 3.25. The molecule has 2 N–H and O–H groups in total. The Hall–Kier alpha value is -0.730. The van der Waals surface area contributed by atoms with Crippen LogP contribution in [0, 0.1) is 0 Å². The summed E-state index contributed by atoms with van der Waals surface area (Å²) in [5, 5.41) is 5.72. The Morgan fingerprint density at radius 2 is 2.27 bits per heavy atom. The third-order valence-corrected chi connectivity index (χ3v) is 1.90. The van der Waals surface area contributed by atoms with Crippen LogP contribution < -0.4 is 10.6 Å². The molecule has 1 saturated carbocycles. The summed E-state index contributed by atoms with van der Waals surface area (Å²) in [4.78, 5) is 11.0. The van der Waals surface area contributed by atoms with Gasteiger partial charge in [-0.1, -0.05) is 6.92 Å². The standard InChI is InChI=1S/C8H16N2O/c1-3-6(2)9-8(11)10-7-4-5-7/h6-7H,3-5H2,1-2H3,(H2,9,10,11). The predicted molar refractivity (Wildman–Crippen MR) is 44.4 cm³/mol. The van der Waals surface area contributed by atoms with Crippen LogP contribution in [0.15, 0.2) is 0 Å². The summed E-state index contributed by atoms with van der Waals surface area (Å²) in [7, 11) is 0. The van der Waals surface area contributed by atoms with Crippen LogP contribution in [0.3, 0.4) is 0 Å². The first-order valence-corrected chi connectivity index (χ1v) is 4.29. The Bertz CT molecular complexity index is 143. The fraction of sp³-hybridized carbons (Fsp3) is 0.875. The minimum absolute atomic E-state index is 0.0122. The van der Waals surface area contributed by atoms with E-state index in [1.54, 1.807) is 0 Å². The van der Waals surface area contributed by atoms with Crippen LogP contribution in [0.4, 0.5) is 4.79 Å². The first-order chi connectivity index (χ1) is 5.22. The average Bonchev–Trinajstić information content (AvgIpc) is 2.71. The molecular weight excluding hydrogens is 140 g/mol. The summed E-state index contributed by atoms with van der Waals surface area (Å²) >= 11 is 0. The van der Waals surface area contributed by atoms with Crippen LogP contribution in [-0.2, 0) is 0 Å². The molecule has 0 saturated heterocycles. The van der Waals surface area contributed by atoms with Crippen LogP contribution in [0.25, 0.3) is 0 Å². The van der Waals surface area contributed by atoms with Crippen molar-refractivity contribution in [3.63, 3.8) is 0 Å². The fourth-order valence-electron chi connectivity index (χ4n) is 0.781. The van der Waals surface area contributed by atoms with Gasteiger partial charge in [-0.3, -0.25) is 0 Å². The summed E-state index contributed by atoms with van der Waals surface area (Å²) in [6.07, 6.45) is 3.28. The van der Waals surface area contributed by atoms with Crippen molar-refractivity contribution in [1.29, 1.82) is 0 Å². The van der Waals surface area contributed by atoms with E-state index in [0.29, 0.717) is 6.04 Å². The zero-order chi connectivity index (χ0) is 8.27. The topological polar surface area (TPSA) is 41.1 Å². The van der Waals surface area contributed by atoms with Crippen LogP contribution >= 0.6 is 0 Å². The number of hydrogen-bond acceptors (Lipinski definition) is 1. The summed E-state index contributed by atoms with van der Waals surface area (Å²) in [5.41, 5.74) is 0. The number of nitrogens with one attached hydrogen (secondary N) is 2. The van der Waals surface area contributed by atoms with Gasteiger partial charge < -0.3 is 10.6 Å². The lowest BCUT2D eigenvalue weighted by molar-refractivity contribution is 0.237. The summed E-state index contributed by atoms with van der Waals surface area (Å²) in [6, 6.07) is 0.731. The normalized spacial score (nSPS) is 19.1. The van der Waals surface area contributed by atoms with Gasteiger partial charge >= 0.3 is 6.03 Å². The lowest BCUT2D eigenvalue weighted by atomic mass is 10.3. The van der Waals surface area contributed by atoms with Gasteiger partial charge in [0.15, 0.2) is 0 Å². The van der Waals surface area contributed by atoms with E-state index in [4.69, 9.17) is 0 Å². The van der Waals surface area contributed by atoms with Gasteiger partial charge in [-0.2, -0.15) is 0 Å². The van der Waals surface area contributed by atoms with E-state index in [-0.39, 0.29) is 12.1 Å². The molecule has 1 unspecified atom stereocenters. The molecule has 0 aliphatic heterocycles. The monoisotopic (exact) mass is 156 g/mol. The van der Waals surface area contributed by atoms with Crippen molar-refractivity contribution >= 4 is 6.03 Å². The Balaban J connectivity index is 2.08. The highest BCUT2D eigenvalue weighted by molar-refractivity contribution is 5.74. The molecule has 0 radical (unpaired) electrons. The highest BCUT2D eigenvalue weighted by Crippen LogP contribution is 2.18. The van der Waals surface area contributed by atoms with Crippen molar-refractivity contribution in [2.45, 2.75) is 45.2 Å². The molecule has 0 aromatic rings. The van der Waals surface area contributed by atoms with Crippen molar-refractivity contribution in [1.82, 2.24) is 10.6 Å². The van der Waals surface area contributed by atoms with E-state index in [0.717, 1.165) is 19.3 Å². The molecule has 1 atom stereocenters. The fourth-order valence-corrected chi connectivity index (χ4v) is 0.781. The van der Waals surface area contributed by atoms with Crippen molar-refractivity contribution < 1.29 is 4.79 Å². The van der Waals surface area contributed by atoms with E-state index < -0.39 is 0 Å². The number of amides is 2. The lowest BCUT2D eigenvalue weighted by Gasteiger charge is -2.11. The molecule has 3 nitrogen and oxygen atoms in total. The minimum Gasteiger partial charge on any atom is -0.336 e. The maximum atomic E-state index is 11.0. The molecule has 0 spiro atoms. The highest BCUT2D eigenvalue weighted by Gasteiger charge is 2.23. The molecule has 0 heterocycles. The van der Waals surface area contributed by atoms with Gasteiger partial charge in [0.25, 0.3) is 0 Å². The maximum absolute atomic E-state index is 11.0. The van der Waals surface area contributed by atoms with Gasteiger partial charge in [0, 0.05) is 12.1 Å². The Morgan fingerprint density at radius 3 is 2.73 bits per heavy atom. The number of carbonyl (C=O) groups excluding carboxylic acids is 1. The van der Waals surface area contributed by atoms with Gasteiger partial charge in [-0.05, 0) is 26.2 Å². The van der Waals surface area contributed by atoms with E-state index in [9.17, 15) is 4.79 Å². The van der Waals surface area contributed by atoms with Gasteiger partial charge in [0.1, 0.15) is 0 Å². The molecule has 0 aromatic carbocycles. The zero-order valence-electron chi connectivity index (χ0n) is 7.18. The molecule has 0 aromatic heterocycles. The zero-order valence-corrected chi connectivity index (χ0v) is 7.18. The minimum atomic E-state index is -0.0122. The second-order valence-corrected chi connectivity index (χ2v) is 3.20. The smallest absolute Gasteiger partial charge is 0.315 e. The van der Waals surface area contributed by atoms with Crippen molar-refractivity contribution in [3.8, 4) is 0 Å². The molecule has 1 fully saturated rings. The predicted octanol–water partition coefficient (Wildman–Crippen LogP) is 1.25.